The van der Waals surface area contributed by atoms with Crippen molar-refractivity contribution < 1.29 is 13.2 Å². The van der Waals surface area contributed by atoms with E-state index in [1.54, 1.807) is 6.07 Å². The van der Waals surface area contributed by atoms with Gasteiger partial charge in [-0.3, -0.25) is 4.99 Å². The standard InChI is InChI=1S/C14H23ClN4O3S2.HI/c1-2-16-14(18-10-11-4-3-9-22-11)17-7-8-19-24(20,21)13-6-5-12(15)23-13;/h5-6,11,19H,2-4,7-10H2,1H3,(H2,16,17,18);1H. The van der Waals surface area contributed by atoms with Crippen LogP contribution in [0, 0.1) is 0 Å². The van der Waals surface area contributed by atoms with E-state index in [1.165, 1.54) is 6.07 Å². The molecule has 0 aromatic carbocycles. The normalized spacial score (nSPS) is 18.0. The third-order valence-corrected chi connectivity index (χ3v) is 6.53. The summed E-state index contributed by atoms with van der Waals surface area (Å²) in [7, 11) is -3.51. The predicted octanol–water partition coefficient (Wildman–Crippen LogP) is 2.03. The van der Waals surface area contributed by atoms with Crippen LogP contribution in [0.1, 0.15) is 19.8 Å². The summed E-state index contributed by atoms with van der Waals surface area (Å²) in [5.74, 6) is 0.659. The number of aliphatic imine (C=N–C) groups is 1. The van der Waals surface area contributed by atoms with Gasteiger partial charge in [-0.15, -0.1) is 35.3 Å². The van der Waals surface area contributed by atoms with Gasteiger partial charge in [0.15, 0.2) is 5.96 Å². The first kappa shape index (κ1) is 22.9. The number of sulfonamides is 1. The molecule has 0 aliphatic carbocycles. The Morgan fingerprint density at radius 3 is 2.80 bits per heavy atom. The van der Waals surface area contributed by atoms with Gasteiger partial charge in [0.05, 0.1) is 17.0 Å². The molecule has 11 heteroatoms. The predicted molar refractivity (Wildman–Crippen MR) is 113 cm³/mol. The number of rotatable bonds is 8. The fourth-order valence-corrected chi connectivity index (χ4v) is 4.76. The van der Waals surface area contributed by atoms with E-state index in [9.17, 15) is 8.42 Å². The quantitative estimate of drug-likeness (QED) is 0.210. The Bertz CT molecular complexity index is 648. The van der Waals surface area contributed by atoms with Gasteiger partial charge in [-0.2, -0.15) is 0 Å². The minimum Gasteiger partial charge on any atom is -0.376 e. The second-order valence-corrected chi connectivity index (χ2v) is 8.95. The highest BCUT2D eigenvalue weighted by Gasteiger charge is 2.16. The Hall–Kier alpha value is -0.140. The second-order valence-electron chi connectivity index (χ2n) is 5.24. The lowest BCUT2D eigenvalue weighted by Gasteiger charge is -2.13. The lowest BCUT2D eigenvalue weighted by atomic mass is 10.2. The molecule has 0 saturated carbocycles. The van der Waals surface area contributed by atoms with E-state index < -0.39 is 10.0 Å². The van der Waals surface area contributed by atoms with Crippen molar-refractivity contribution in [2.45, 2.75) is 30.1 Å². The maximum atomic E-state index is 12.1. The molecule has 1 aromatic heterocycles. The van der Waals surface area contributed by atoms with E-state index in [2.05, 4.69) is 20.3 Å². The third-order valence-electron chi connectivity index (χ3n) is 3.34. The first-order chi connectivity index (χ1) is 11.5. The minimum absolute atomic E-state index is 0. The molecule has 0 radical (unpaired) electrons. The van der Waals surface area contributed by atoms with Gasteiger partial charge in [0.25, 0.3) is 0 Å². The number of nitrogens with zero attached hydrogens (tertiary/aromatic N) is 1. The van der Waals surface area contributed by atoms with Crippen LogP contribution < -0.4 is 15.4 Å². The van der Waals surface area contributed by atoms with Crippen molar-refractivity contribution in [2.24, 2.45) is 4.99 Å². The average molecular weight is 523 g/mol. The molecule has 1 saturated heterocycles. The maximum Gasteiger partial charge on any atom is 0.250 e. The molecular formula is C14H24ClIN4O3S2. The van der Waals surface area contributed by atoms with Crippen LogP contribution in [0.3, 0.4) is 0 Å². The number of halogens is 2. The van der Waals surface area contributed by atoms with Crippen molar-refractivity contribution in [2.75, 3.05) is 32.8 Å². The largest absolute Gasteiger partial charge is 0.376 e. The van der Waals surface area contributed by atoms with Crippen LogP contribution >= 0.6 is 46.9 Å². The fourth-order valence-electron chi connectivity index (χ4n) is 2.20. The third kappa shape index (κ3) is 7.95. The summed E-state index contributed by atoms with van der Waals surface area (Å²) in [6, 6.07) is 3.07. The van der Waals surface area contributed by atoms with E-state index in [0.717, 1.165) is 37.3 Å². The second kappa shape index (κ2) is 11.5. The Balaban J connectivity index is 0.00000312. The monoisotopic (exact) mass is 522 g/mol. The fraction of sp³-hybridized carbons (Fsp3) is 0.643. The number of nitrogens with one attached hydrogen (secondary N) is 3. The smallest absolute Gasteiger partial charge is 0.250 e. The van der Waals surface area contributed by atoms with Gasteiger partial charge >= 0.3 is 0 Å². The maximum absolute atomic E-state index is 12.1. The number of guanidine groups is 1. The Kier molecular flexibility index (Phi) is 10.6. The summed E-state index contributed by atoms with van der Waals surface area (Å²) < 4.78 is 32.9. The van der Waals surface area contributed by atoms with E-state index in [1.807, 2.05) is 6.92 Å². The highest BCUT2D eigenvalue weighted by Crippen LogP contribution is 2.25. The van der Waals surface area contributed by atoms with E-state index in [-0.39, 0.29) is 40.8 Å². The SMILES string of the molecule is CCNC(=NCC1CCCO1)NCCNS(=O)(=O)c1ccc(Cl)s1.I. The van der Waals surface area contributed by atoms with Gasteiger partial charge in [-0.05, 0) is 31.9 Å². The van der Waals surface area contributed by atoms with Crippen molar-refractivity contribution in [1.82, 2.24) is 15.4 Å². The van der Waals surface area contributed by atoms with Crippen LogP contribution in [-0.2, 0) is 14.8 Å². The van der Waals surface area contributed by atoms with Gasteiger partial charge in [0.1, 0.15) is 4.21 Å². The zero-order valence-corrected chi connectivity index (χ0v) is 18.7. The summed E-state index contributed by atoms with van der Waals surface area (Å²) in [4.78, 5) is 4.47. The molecule has 3 N–H and O–H groups in total. The van der Waals surface area contributed by atoms with Crippen LogP contribution in [0.15, 0.2) is 21.3 Å². The summed E-state index contributed by atoms with van der Waals surface area (Å²) >= 11 is 6.81. The molecule has 2 heterocycles. The number of hydrogen-bond donors (Lipinski definition) is 3. The van der Waals surface area contributed by atoms with Gasteiger partial charge in [0, 0.05) is 26.2 Å². The van der Waals surface area contributed by atoms with Crippen molar-refractivity contribution in [3.63, 3.8) is 0 Å². The van der Waals surface area contributed by atoms with Crippen molar-refractivity contribution in [3.05, 3.63) is 16.5 Å². The van der Waals surface area contributed by atoms with Crippen LogP contribution in [-0.4, -0.2) is 53.3 Å². The molecule has 144 valence electrons. The number of ether oxygens (including phenoxy) is 1. The van der Waals surface area contributed by atoms with E-state index in [4.69, 9.17) is 16.3 Å². The van der Waals surface area contributed by atoms with Gasteiger partial charge < -0.3 is 15.4 Å². The molecule has 1 unspecified atom stereocenters. The van der Waals surface area contributed by atoms with Gasteiger partial charge in [-0.25, -0.2) is 13.1 Å². The molecule has 0 amide bonds. The van der Waals surface area contributed by atoms with Crippen LogP contribution in [0.4, 0.5) is 0 Å². The molecule has 0 spiro atoms. The van der Waals surface area contributed by atoms with Crippen LogP contribution in [0.5, 0.6) is 0 Å². The van der Waals surface area contributed by atoms with Crippen molar-refractivity contribution in [1.29, 1.82) is 0 Å². The Morgan fingerprint density at radius 1 is 1.40 bits per heavy atom. The molecular weight excluding hydrogens is 499 g/mol. The highest BCUT2D eigenvalue weighted by atomic mass is 127. The summed E-state index contributed by atoms with van der Waals surface area (Å²) in [5.41, 5.74) is 0. The molecule has 1 aromatic rings. The van der Waals surface area contributed by atoms with Gasteiger partial charge in [0.2, 0.25) is 10.0 Å². The zero-order valence-electron chi connectivity index (χ0n) is 14.0. The molecule has 1 aliphatic rings. The minimum atomic E-state index is -3.51. The van der Waals surface area contributed by atoms with Gasteiger partial charge in [-0.1, -0.05) is 11.6 Å². The average Bonchev–Trinajstić information content (AvgIpc) is 3.20. The number of thiophene rings is 1. The summed E-state index contributed by atoms with van der Waals surface area (Å²) in [5, 5.41) is 6.24. The van der Waals surface area contributed by atoms with E-state index >= 15 is 0 Å². The van der Waals surface area contributed by atoms with Crippen molar-refractivity contribution in [3.8, 4) is 0 Å². The first-order valence-corrected chi connectivity index (χ1v) is 10.6. The zero-order chi connectivity index (χ0) is 17.4. The Labute approximate surface area is 175 Å². The van der Waals surface area contributed by atoms with Crippen LogP contribution in [0.2, 0.25) is 4.34 Å². The van der Waals surface area contributed by atoms with E-state index in [0.29, 0.717) is 23.4 Å². The molecule has 1 atom stereocenters. The molecule has 1 fully saturated rings. The molecule has 2 rings (SSSR count). The summed E-state index contributed by atoms with van der Waals surface area (Å²) in [6.07, 6.45) is 2.30. The molecule has 25 heavy (non-hydrogen) atoms. The van der Waals surface area contributed by atoms with Crippen LogP contribution in [0.25, 0.3) is 0 Å². The molecule has 1 aliphatic heterocycles. The van der Waals surface area contributed by atoms with Crippen molar-refractivity contribution >= 4 is 62.9 Å². The highest BCUT2D eigenvalue weighted by molar-refractivity contribution is 14.0. The number of hydrogen-bond acceptors (Lipinski definition) is 5. The topological polar surface area (TPSA) is 91.8 Å². The Morgan fingerprint density at radius 2 is 2.20 bits per heavy atom. The lowest BCUT2D eigenvalue weighted by molar-refractivity contribution is 0.117. The first-order valence-electron chi connectivity index (χ1n) is 7.90. The molecule has 7 nitrogen and oxygen atoms in total. The summed E-state index contributed by atoms with van der Waals surface area (Å²) in [6.45, 7) is 4.80. The molecule has 0 bridgehead atoms. The lowest BCUT2D eigenvalue weighted by Crippen LogP contribution is -2.41.